The van der Waals surface area contributed by atoms with Crippen LogP contribution in [0.4, 0.5) is 0 Å². The van der Waals surface area contributed by atoms with Gasteiger partial charge in [-0.05, 0) is 36.2 Å². The summed E-state index contributed by atoms with van der Waals surface area (Å²) in [5.41, 5.74) is 3.59. The number of H-pyrrole nitrogens is 1. The molecule has 3 rings (SSSR count). The van der Waals surface area contributed by atoms with E-state index in [1.807, 2.05) is 12.1 Å². The number of hydrogen-bond donors (Lipinski definition) is 5. The van der Waals surface area contributed by atoms with Gasteiger partial charge in [-0.3, -0.25) is 14.7 Å². The van der Waals surface area contributed by atoms with Crippen molar-refractivity contribution >= 4 is 29.1 Å². The van der Waals surface area contributed by atoms with E-state index in [-0.39, 0.29) is 18.4 Å². The Bertz CT molecular complexity index is 1120. The second kappa shape index (κ2) is 12.9. The van der Waals surface area contributed by atoms with E-state index in [0.29, 0.717) is 22.8 Å². The molecular formula is C26H31ClN4O4. The molecule has 35 heavy (non-hydrogen) atoms. The zero-order chi connectivity index (χ0) is 25.2. The number of aliphatic hydroxyl groups excluding tert-OH is 2. The third-order valence-electron chi connectivity index (χ3n) is 5.42. The molecule has 1 amide bonds. The molecule has 0 spiro atoms. The molecule has 0 saturated carbocycles. The van der Waals surface area contributed by atoms with Crippen LogP contribution in [-0.4, -0.2) is 57.6 Å². The zero-order valence-electron chi connectivity index (χ0n) is 19.6. The Labute approximate surface area is 209 Å². The van der Waals surface area contributed by atoms with Gasteiger partial charge in [0.25, 0.3) is 11.8 Å². The normalized spacial score (nSPS) is 12.4. The number of rotatable bonds is 12. The lowest BCUT2D eigenvalue weighted by atomic mass is 10.1. The largest absolute Gasteiger partial charge is 0.394 e. The van der Waals surface area contributed by atoms with Crippen LogP contribution in [0.5, 0.6) is 0 Å². The molecule has 0 radical (unpaired) electrons. The number of benzene rings is 2. The monoisotopic (exact) mass is 498 g/mol. The topological polar surface area (TPSA) is 119 Å². The summed E-state index contributed by atoms with van der Waals surface area (Å²) in [4.78, 5) is 25.1. The highest BCUT2D eigenvalue weighted by Crippen LogP contribution is 2.21. The minimum atomic E-state index is -1.00. The molecule has 186 valence electrons. The molecule has 9 heteroatoms. The first-order valence-electron chi connectivity index (χ1n) is 11.6. The number of hydrogen-bond acceptors (Lipinski definition) is 5. The van der Waals surface area contributed by atoms with Crippen molar-refractivity contribution in [1.82, 2.24) is 20.4 Å². The van der Waals surface area contributed by atoms with E-state index in [9.17, 15) is 14.7 Å². The lowest BCUT2D eigenvalue weighted by Gasteiger charge is -2.16. The molecule has 0 bridgehead atoms. The number of halogens is 1. The molecule has 0 saturated heterocycles. The van der Waals surface area contributed by atoms with E-state index >= 15 is 0 Å². The Balaban J connectivity index is 1.73. The number of allylic oxidation sites excluding steroid dienone is 1. The fourth-order valence-corrected chi connectivity index (χ4v) is 3.47. The molecule has 8 nitrogen and oxygen atoms in total. The van der Waals surface area contributed by atoms with Crippen molar-refractivity contribution in [2.75, 3.05) is 19.7 Å². The fourth-order valence-electron chi connectivity index (χ4n) is 3.35. The number of amides is 1. The van der Waals surface area contributed by atoms with Gasteiger partial charge in [0, 0.05) is 41.0 Å². The summed E-state index contributed by atoms with van der Waals surface area (Å²) in [6.45, 7) is 2.38. The van der Waals surface area contributed by atoms with E-state index in [1.54, 1.807) is 42.6 Å². The number of nitrogens with zero attached hydrogens (tertiary/aromatic N) is 1. The number of aromatic amines is 1. The van der Waals surface area contributed by atoms with E-state index in [1.165, 1.54) is 10.8 Å². The van der Waals surface area contributed by atoms with Gasteiger partial charge in [0.1, 0.15) is 0 Å². The van der Waals surface area contributed by atoms with Gasteiger partial charge in [0.05, 0.1) is 24.6 Å². The van der Waals surface area contributed by atoms with Crippen molar-refractivity contribution in [1.29, 1.82) is 0 Å². The van der Waals surface area contributed by atoms with Crippen LogP contribution in [0, 0.1) is 0 Å². The molecule has 1 aromatic heterocycles. The third kappa shape index (κ3) is 7.58. The summed E-state index contributed by atoms with van der Waals surface area (Å²) in [6, 6.07) is 14.2. The average Bonchev–Trinajstić information content (AvgIpc) is 2.84. The van der Waals surface area contributed by atoms with Gasteiger partial charge < -0.3 is 20.8 Å². The lowest BCUT2D eigenvalue weighted by molar-refractivity contribution is 0.0802. The Morgan fingerprint density at radius 3 is 2.34 bits per heavy atom. The van der Waals surface area contributed by atoms with Crippen molar-refractivity contribution in [3.8, 4) is 11.3 Å². The van der Waals surface area contributed by atoms with Gasteiger partial charge in [-0.2, -0.15) is 0 Å². The second-order valence-corrected chi connectivity index (χ2v) is 8.62. The van der Waals surface area contributed by atoms with E-state index in [0.717, 1.165) is 36.1 Å². The molecule has 3 aromatic rings. The van der Waals surface area contributed by atoms with Crippen LogP contribution >= 0.6 is 11.6 Å². The molecule has 2 aromatic carbocycles. The van der Waals surface area contributed by atoms with Crippen LogP contribution in [0.25, 0.3) is 17.0 Å². The summed E-state index contributed by atoms with van der Waals surface area (Å²) in [7, 11) is 0. The van der Waals surface area contributed by atoms with Gasteiger partial charge in [-0.15, -0.1) is 0 Å². The molecular weight excluding hydrogens is 468 g/mol. The highest BCUT2D eigenvalue weighted by atomic mass is 35.5. The maximum absolute atomic E-state index is 12.9. The summed E-state index contributed by atoms with van der Waals surface area (Å²) >= 11 is 5.93. The second-order valence-electron chi connectivity index (χ2n) is 8.19. The first kappa shape index (κ1) is 26.3. The number of aromatic nitrogens is 2. The van der Waals surface area contributed by atoms with E-state index in [2.05, 4.69) is 22.7 Å². The summed E-state index contributed by atoms with van der Waals surface area (Å²) in [5.74, 6) is -0.591. The van der Waals surface area contributed by atoms with Crippen LogP contribution in [0.3, 0.4) is 0 Å². The van der Waals surface area contributed by atoms with Crippen molar-refractivity contribution in [2.45, 2.75) is 32.3 Å². The van der Waals surface area contributed by atoms with Gasteiger partial charge >= 0.3 is 0 Å². The van der Waals surface area contributed by atoms with Crippen LogP contribution in [-0.2, 0) is 0 Å². The molecule has 0 fully saturated rings. The minimum absolute atomic E-state index is 0.0376. The van der Waals surface area contributed by atoms with Crippen molar-refractivity contribution in [3.63, 3.8) is 0 Å². The molecule has 0 aliphatic heterocycles. The molecule has 1 heterocycles. The first-order chi connectivity index (χ1) is 16.9. The fraction of sp³-hybridized carbons (Fsp3) is 0.308. The quantitative estimate of drug-likeness (QED) is 0.193. The predicted octanol–water partition coefficient (Wildman–Crippen LogP) is 3.68. The van der Waals surface area contributed by atoms with Crippen molar-refractivity contribution < 1.29 is 19.8 Å². The van der Waals surface area contributed by atoms with Crippen LogP contribution in [0.1, 0.15) is 46.9 Å². The highest BCUT2D eigenvalue weighted by molar-refractivity contribution is 6.30. The van der Waals surface area contributed by atoms with Crippen LogP contribution in [0.2, 0.25) is 5.02 Å². The predicted molar refractivity (Wildman–Crippen MR) is 137 cm³/mol. The van der Waals surface area contributed by atoms with E-state index in [4.69, 9.17) is 16.7 Å². The zero-order valence-corrected chi connectivity index (χ0v) is 20.4. The standard InChI is InChI=1S/C26H31ClN4O4/c1-2-3-4-13-28-23(18-5-7-20(8-6-18)26(35)29-15-22(33)17-32)14-25(34)31-16-24(30-31)19-9-11-21(27)12-10-19/h5-12,14,16,22,28,30,32-33H,2-4,13,15,17H2,1H3,(H,29,35)/b23-14-/t22-/m0/s1. The van der Waals surface area contributed by atoms with Crippen molar-refractivity contribution in [3.05, 3.63) is 77.0 Å². The Kier molecular flexibility index (Phi) is 9.72. The molecule has 0 aliphatic rings. The van der Waals surface area contributed by atoms with Crippen LogP contribution < -0.4 is 10.6 Å². The maximum atomic E-state index is 12.9. The number of nitrogens with one attached hydrogen (secondary N) is 3. The van der Waals surface area contributed by atoms with Gasteiger partial charge in [-0.1, -0.05) is 55.6 Å². The first-order valence-corrected chi connectivity index (χ1v) is 12.0. The number of aliphatic hydroxyl groups is 2. The van der Waals surface area contributed by atoms with E-state index < -0.39 is 12.7 Å². The average molecular weight is 499 g/mol. The summed E-state index contributed by atoms with van der Waals surface area (Å²) in [6.07, 6.45) is 5.39. The number of carbonyl (C=O) groups excluding carboxylic acids is 2. The highest BCUT2D eigenvalue weighted by Gasteiger charge is 2.13. The lowest BCUT2D eigenvalue weighted by Crippen LogP contribution is -2.33. The molecule has 0 unspecified atom stereocenters. The molecule has 0 aliphatic carbocycles. The third-order valence-corrected chi connectivity index (χ3v) is 5.67. The Morgan fingerprint density at radius 1 is 1.06 bits per heavy atom. The summed E-state index contributed by atoms with van der Waals surface area (Å²) in [5, 5.41) is 27.9. The summed E-state index contributed by atoms with van der Waals surface area (Å²) < 4.78 is 1.41. The Hall–Kier alpha value is -3.33. The Morgan fingerprint density at radius 2 is 1.71 bits per heavy atom. The molecule has 5 N–H and O–H groups in total. The maximum Gasteiger partial charge on any atom is 0.271 e. The van der Waals surface area contributed by atoms with Gasteiger partial charge in [0.15, 0.2) is 0 Å². The minimum Gasteiger partial charge on any atom is -0.394 e. The van der Waals surface area contributed by atoms with Crippen LogP contribution in [0.15, 0.2) is 60.8 Å². The smallest absolute Gasteiger partial charge is 0.271 e. The number of carbonyl (C=O) groups is 2. The van der Waals surface area contributed by atoms with Crippen molar-refractivity contribution in [2.24, 2.45) is 0 Å². The molecule has 1 atom stereocenters. The number of unbranched alkanes of at least 4 members (excludes halogenated alkanes) is 2. The van der Waals surface area contributed by atoms with Gasteiger partial charge in [-0.25, -0.2) is 4.68 Å². The van der Waals surface area contributed by atoms with Gasteiger partial charge in [0.2, 0.25) is 0 Å². The SMILES string of the molecule is CCCCCN/C(=C\C(=O)n1cc(-c2ccc(Cl)cc2)[nH]1)c1ccc(C(=O)NC[C@H](O)CO)cc1.